The molecule has 4 aromatic rings. The van der Waals surface area contributed by atoms with Gasteiger partial charge in [0.1, 0.15) is 17.3 Å². The molecule has 0 unspecified atom stereocenters. The van der Waals surface area contributed by atoms with Crippen LogP contribution >= 0.6 is 11.8 Å². The third kappa shape index (κ3) is 4.45. The summed E-state index contributed by atoms with van der Waals surface area (Å²) in [5.41, 5.74) is 1.42. The highest BCUT2D eigenvalue weighted by molar-refractivity contribution is 7.99. The van der Waals surface area contributed by atoms with E-state index in [-0.39, 0.29) is 24.2 Å². The van der Waals surface area contributed by atoms with Gasteiger partial charge in [-0.1, -0.05) is 49.2 Å². The average Bonchev–Trinajstić information content (AvgIpc) is 3.16. The molecule has 170 valence electrons. The number of hydrogen-bond acceptors (Lipinski definition) is 6. The van der Waals surface area contributed by atoms with Gasteiger partial charge in [0.2, 0.25) is 5.91 Å². The molecule has 1 N–H and O–H groups in total. The van der Waals surface area contributed by atoms with Gasteiger partial charge in [-0.25, -0.2) is 18.9 Å². The molecule has 0 radical (unpaired) electrons. The second-order valence-electron chi connectivity index (χ2n) is 8.19. The molecule has 2 aromatic heterocycles. The van der Waals surface area contributed by atoms with Crippen LogP contribution in [0.5, 0.6) is 5.75 Å². The summed E-state index contributed by atoms with van der Waals surface area (Å²) >= 11 is 1.40. The van der Waals surface area contributed by atoms with Crippen LogP contribution in [-0.4, -0.2) is 38.2 Å². The van der Waals surface area contributed by atoms with Gasteiger partial charge in [0.05, 0.1) is 18.1 Å². The Morgan fingerprint density at radius 2 is 1.97 bits per heavy atom. The summed E-state index contributed by atoms with van der Waals surface area (Å²) in [6, 6.07) is 15.3. The predicted molar refractivity (Wildman–Crippen MR) is 127 cm³/mol. The Morgan fingerprint density at radius 3 is 2.79 bits per heavy atom. The summed E-state index contributed by atoms with van der Waals surface area (Å²) in [5, 5.41) is 8.17. The van der Waals surface area contributed by atoms with E-state index in [1.807, 2.05) is 48.5 Å². The van der Waals surface area contributed by atoms with Gasteiger partial charge < -0.3 is 10.1 Å². The minimum absolute atomic E-state index is 0.116. The number of carbonyl (C=O) groups is 1. The van der Waals surface area contributed by atoms with E-state index < -0.39 is 0 Å². The standard InChI is InChI=1S/C24H25N5O3S/c1-32-17-10-7-11-18(14-17)33-23-22-27-28(15-21(30)25-16-8-3-2-4-9-16)24(31)29(22)20-13-6-5-12-19(20)26-23/h5-7,10-14,16H,2-4,8-9,15H2,1H3,(H,25,30). The highest BCUT2D eigenvalue weighted by Gasteiger charge is 2.20. The summed E-state index contributed by atoms with van der Waals surface area (Å²) in [5.74, 6) is 0.547. The van der Waals surface area contributed by atoms with Crippen molar-refractivity contribution in [2.75, 3.05) is 7.11 Å². The second kappa shape index (κ2) is 9.27. The van der Waals surface area contributed by atoms with E-state index in [4.69, 9.17) is 9.72 Å². The zero-order valence-electron chi connectivity index (χ0n) is 18.4. The summed E-state index contributed by atoms with van der Waals surface area (Å²) < 4.78 is 8.10. The molecule has 2 aromatic carbocycles. The van der Waals surface area contributed by atoms with Crippen molar-refractivity contribution in [3.8, 4) is 5.75 Å². The number of aromatic nitrogens is 4. The number of amides is 1. The van der Waals surface area contributed by atoms with E-state index in [0.717, 1.165) is 36.3 Å². The van der Waals surface area contributed by atoms with Crippen molar-refractivity contribution >= 4 is 34.3 Å². The van der Waals surface area contributed by atoms with Crippen LogP contribution in [0, 0.1) is 0 Å². The Labute approximate surface area is 195 Å². The van der Waals surface area contributed by atoms with Crippen LogP contribution in [-0.2, 0) is 11.3 Å². The average molecular weight is 464 g/mol. The number of ether oxygens (including phenoxy) is 1. The predicted octanol–water partition coefficient (Wildman–Crippen LogP) is 3.65. The first kappa shape index (κ1) is 21.5. The number of rotatable bonds is 6. The van der Waals surface area contributed by atoms with E-state index in [1.165, 1.54) is 22.9 Å². The number of benzene rings is 2. The molecule has 0 bridgehead atoms. The molecular weight excluding hydrogens is 438 g/mol. The van der Waals surface area contributed by atoms with Crippen molar-refractivity contribution in [2.24, 2.45) is 0 Å². The van der Waals surface area contributed by atoms with E-state index in [9.17, 15) is 9.59 Å². The maximum atomic E-state index is 13.3. The van der Waals surface area contributed by atoms with Crippen molar-refractivity contribution in [2.45, 2.75) is 54.6 Å². The Balaban J connectivity index is 1.53. The molecule has 2 heterocycles. The number of methoxy groups -OCH3 is 1. The van der Waals surface area contributed by atoms with Gasteiger partial charge in [0.15, 0.2) is 5.65 Å². The third-order valence-corrected chi connectivity index (χ3v) is 6.85. The van der Waals surface area contributed by atoms with Crippen LogP contribution in [0.15, 0.2) is 63.2 Å². The number of fused-ring (bicyclic) bond motifs is 3. The number of nitrogens with one attached hydrogen (secondary N) is 1. The van der Waals surface area contributed by atoms with Crippen LogP contribution in [0.2, 0.25) is 0 Å². The molecule has 0 saturated heterocycles. The van der Waals surface area contributed by atoms with Crippen LogP contribution in [0.4, 0.5) is 0 Å². The molecule has 1 saturated carbocycles. The van der Waals surface area contributed by atoms with Crippen molar-refractivity contribution in [3.63, 3.8) is 0 Å². The molecule has 0 spiro atoms. The van der Waals surface area contributed by atoms with Gasteiger partial charge in [-0.3, -0.25) is 4.79 Å². The van der Waals surface area contributed by atoms with Crippen molar-refractivity contribution in [1.82, 2.24) is 24.5 Å². The van der Waals surface area contributed by atoms with Crippen molar-refractivity contribution < 1.29 is 9.53 Å². The molecule has 1 aliphatic carbocycles. The molecule has 1 fully saturated rings. The van der Waals surface area contributed by atoms with Crippen LogP contribution in [0.3, 0.4) is 0 Å². The minimum Gasteiger partial charge on any atom is -0.497 e. The summed E-state index contributed by atoms with van der Waals surface area (Å²) in [7, 11) is 1.62. The van der Waals surface area contributed by atoms with Gasteiger partial charge in [-0.05, 0) is 43.2 Å². The van der Waals surface area contributed by atoms with Gasteiger partial charge >= 0.3 is 5.69 Å². The van der Waals surface area contributed by atoms with Gasteiger partial charge in [-0.15, -0.1) is 5.10 Å². The fourth-order valence-electron chi connectivity index (χ4n) is 4.27. The second-order valence-corrected chi connectivity index (χ2v) is 9.25. The largest absolute Gasteiger partial charge is 0.497 e. The highest BCUT2D eigenvalue weighted by Crippen LogP contribution is 2.32. The van der Waals surface area contributed by atoms with E-state index >= 15 is 0 Å². The maximum absolute atomic E-state index is 13.3. The quantitative estimate of drug-likeness (QED) is 0.469. The van der Waals surface area contributed by atoms with Gasteiger partial charge in [-0.2, -0.15) is 0 Å². The summed E-state index contributed by atoms with van der Waals surface area (Å²) in [4.78, 5) is 31.6. The Hall–Kier alpha value is -3.33. The first-order valence-electron chi connectivity index (χ1n) is 11.1. The lowest BCUT2D eigenvalue weighted by Gasteiger charge is -2.22. The first-order chi connectivity index (χ1) is 16.1. The highest BCUT2D eigenvalue weighted by atomic mass is 32.2. The topological polar surface area (TPSA) is 90.5 Å². The molecule has 5 rings (SSSR count). The normalized spacial score (nSPS) is 14.6. The zero-order valence-corrected chi connectivity index (χ0v) is 19.2. The lowest BCUT2D eigenvalue weighted by Crippen LogP contribution is -2.40. The fourth-order valence-corrected chi connectivity index (χ4v) is 5.19. The third-order valence-electron chi connectivity index (χ3n) is 5.89. The Kier molecular flexibility index (Phi) is 6.04. The number of para-hydroxylation sites is 2. The molecule has 0 atom stereocenters. The SMILES string of the molecule is COc1cccc(Sc2nc3ccccc3n3c(=O)n(CC(=O)NC4CCCCC4)nc23)c1. The molecule has 1 amide bonds. The fraction of sp³-hybridized carbons (Fsp3) is 0.333. The first-order valence-corrected chi connectivity index (χ1v) is 11.9. The van der Waals surface area contributed by atoms with Crippen LogP contribution in [0.1, 0.15) is 32.1 Å². The minimum atomic E-state index is -0.352. The van der Waals surface area contributed by atoms with Crippen LogP contribution in [0.25, 0.3) is 16.7 Å². The monoisotopic (exact) mass is 463 g/mol. The zero-order chi connectivity index (χ0) is 22.8. The molecule has 0 aliphatic heterocycles. The van der Waals surface area contributed by atoms with Crippen LogP contribution < -0.4 is 15.7 Å². The lowest BCUT2D eigenvalue weighted by atomic mass is 9.95. The maximum Gasteiger partial charge on any atom is 0.351 e. The van der Waals surface area contributed by atoms with Crippen molar-refractivity contribution in [1.29, 1.82) is 0 Å². The molecule has 33 heavy (non-hydrogen) atoms. The molecule has 1 aliphatic rings. The summed E-state index contributed by atoms with van der Waals surface area (Å²) in [6.07, 6.45) is 5.44. The van der Waals surface area contributed by atoms with Gasteiger partial charge in [0.25, 0.3) is 0 Å². The smallest absolute Gasteiger partial charge is 0.351 e. The molecule has 9 heteroatoms. The lowest BCUT2D eigenvalue weighted by molar-refractivity contribution is -0.122. The summed E-state index contributed by atoms with van der Waals surface area (Å²) in [6.45, 7) is -0.116. The van der Waals surface area contributed by atoms with E-state index in [1.54, 1.807) is 11.5 Å². The number of hydrogen-bond donors (Lipinski definition) is 1. The van der Waals surface area contributed by atoms with Gasteiger partial charge in [0, 0.05) is 10.9 Å². The van der Waals surface area contributed by atoms with E-state index in [0.29, 0.717) is 21.7 Å². The van der Waals surface area contributed by atoms with Crippen molar-refractivity contribution in [3.05, 3.63) is 59.0 Å². The van der Waals surface area contributed by atoms with E-state index in [2.05, 4.69) is 10.4 Å². The number of nitrogens with zero attached hydrogens (tertiary/aromatic N) is 4. The number of carbonyl (C=O) groups excluding carboxylic acids is 1. The molecule has 8 nitrogen and oxygen atoms in total. The Bertz CT molecular complexity index is 1370. The molecular formula is C24H25N5O3S. The Morgan fingerprint density at radius 1 is 1.15 bits per heavy atom.